The van der Waals surface area contributed by atoms with Gasteiger partial charge in [-0.1, -0.05) is 50.1 Å². The van der Waals surface area contributed by atoms with E-state index in [9.17, 15) is 0 Å². The van der Waals surface area contributed by atoms with Crippen LogP contribution in [0.5, 0.6) is 0 Å². The highest BCUT2D eigenvalue weighted by molar-refractivity contribution is 9.10. The average Bonchev–Trinajstić information content (AvgIpc) is 2.38. The normalized spacial score (nSPS) is 25.4. The lowest BCUT2D eigenvalue weighted by Gasteiger charge is -2.35. The van der Waals surface area contributed by atoms with E-state index in [2.05, 4.69) is 56.1 Å². The van der Waals surface area contributed by atoms with Crippen LogP contribution >= 0.6 is 31.9 Å². The molecule has 18 heavy (non-hydrogen) atoms. The molecule has 0 heterocycles. The molecule has 2 aromatic carbocycles. The smallest absolute Gasteiger partial charge is 0.0256 e. The molecule has 0 N–H and O–H groups in total. The van der Waals surface area contributed by atoms with Crippen molar-refractivity contribution >= 4 is 42.6 Å². The third-order valence-corrected chi connectivity index (χ3v) is 6.13. The summed E-state index contributed by atoms with van der Waals surface area (Å²) in [4.78, 5) is 0.621. The van der Waals surface area contributed by atoms with Crippen LogP contribution in [-0.4, -0.2) is 4.83 Å². The summed E-state index contributed by atoms with van der Waals surface area (Å²) in [7, 11) is 0. The third kappa shape index (κ3) is 1.48. The Morgan fingerprint density at radius 1 is 1.17 bits per heavy atom. The molecular weight excluding hydrogens is 352 g/mol. The Balaban J connectivity index is 2.17. The molecule has 2 aromatic rings. The van der Waals surface area contributed by atoms with Crippen molar-refractivity contribution in [2.24, 2.45) is 0 Å². The Bertz CT molecular complexity index is 645. The van der Waals surface area contributed by atoms with Gasteiger partial charge in [-0.15, -0.1) is 0 Å². The number of benzene rings is 2. The molecule has 4 rings (SSSR count). The molecule has 2 aliphatic carbocycles. The topological polar surface area (TPSA) is 0 Å². The van der Waals surface area contributed by atoms with Crippen molar-refractivity contribution < 1.29 is 0 Å². The van der Waals surface area contributed by atoms with Crippen LogP contribution in [0, 0.1) is 0 Å². The highest BCUT2D eigenvalue weighted by atomic mass is 79.9. The van der Waals surface area contributed by atoms with Crippen LogP contribution in [0.25, 0.3) is 10.8 Å². The first kappa shape index (κ1) is 11.5. The van der Waals surface area contributed by atoms with E-state index in [0.717, 1.165) is 5.92 Å². The Morgan fingerprint density at radius 2 is 2.06 bits per heavy atom. The summed E-state index contributed by atoms with van der Waals surface area (Å²) in [6.07, 6.45) is 5.09. The van der Waals surface area contributed by atoms with E-state index in [1.54, 1.807) is 16.5 Å². The predicted octanol–water partition coefficient (Wildman–Crippen LogP) is 5.34. The quantitative estimate of drug-likeness (QED) is 0.552. The highest BCUT2D eigenvalue weighted by Crippen LogP contribution is 2.48. The molecule has 0 spiro atoms. The number of hydrogen-bond acceptors (Lipinski definition) is 0. The van der Waals surface area contributed by atoms with Crippen molar-refractivity contribution in [2.75, 3.05) is 0 Å². The summed E-state index contributed by atoms with van der Waals surface area (Å²) >= 11 is 7.68. The van der Waals surface area contributed by atoms with Gasteiger partial charge in [0.05, 0.1) is 0 Å². The van der Waals surface area contributed by atoms with E-state index in [0.29, 0.717) is 4.83 Å². The van der Waals surface area contributed by atoms with Crippen molar-refractivity contribution in [3.63, 3.8) is 0 Å². The molecule has 0 fully saturated rings. The second-order valence-corrected chi connectivity index (χ2v) is 7.52. The van der Waals surface area contributed by atoms with Gasteiger partial charge in [0.1, 0.15) is 0 Å². The minimum Gasteiger partial charge on any atom is -0.0880 e. The predicted molar refractivity (Wildman–Crippen MR) is 83.7 cm³/mol. The van der Waals surface area contributed by atoms with Crippen LogP contribution in [-0.2, 0) is 12.8 Å². The summed E-state index contributed by atoms with van der Waals surface area (Å²) in [5, 5.41) is 2.94. The van der Waals surface area contributed by atoms with Crippen molar-refractivity contribution in [2.45, 2.75) is 36.4 Å². The van der Waals surface area contributed by atoms with Gasteiger partial charge in [0.2, 0.25) is 0 Å². The monoisotopic (exact) mass is 364 g/mol. The van der Waals surface area contributed by atoms with Gasteiger partial charge < -0.3 is 0 Å². The molecule has 0 bridgehead atoms. The number of hydrogen-bond donors (Lipinski definition) is 0. The molecule has 2 aliphatic rings. The van der Waals surface area contributed by atoms with Crippen LogP contribution in [0.3, 0.4) is 0 Å². The van der Waals surface area contributed by atoms with E-state index in [4.69, 9.17) is 0 Å². The van der Waals surface area contributed by atoms with Gasteiger partial charge >= 0.3 is 0 Å². The maximum absolute atomic E-state index is 3.92. The Hall–Kier alpha value is -0.340. The summed E-state index contributed by atoms with van der Waals surface area (Å²) in [6, 6.07) is 9.11. The standard InChI is InChI=1S/C16H14Br2/c17-13-8-10-4-2-6-12-14(18)7-9-3-1-5-11(13)15(9)16(10)12/h1,3,5,8,12,14H,2,4,6-7H2. The molecule has 0 saturated heterocycles. The molecule has 92 valence electrons. The van der Waals surface area contributed by atoms with Gasteiger partial charge in [-0.3, -0.25) is 0 Å². The Labute approximate surface area is 124 Å². The Morgan fingerprint density at radius 3 is 2.94 bits per heavy atom. The maximum atomic E-state index is 3.92. The van der Waals surface area contributed by atoms with Gasteiger partial charge in [-0.2, -0.15) is 0 Å². The van der Waals surface area contributed by atoms with Crippen molar-refractivity contribution in [1.82, 2.24) is 0 Å². The SMILES string of the molecule is Brc1cc2c3c4c(cccc14)CC(Br)C3CCC2. The first-order chi connectivity index (χ1) is 8.75. The van der Waals surface area contributed by atoms with E-state index in [-0.39, 0.29) is 0 Å². The molecule has 0 aromatic heterocycles. The summed E-state index contributed by atoms with van der Waals surface area (Å²) < 4.78 is 1.27. The molecule has 0 saturated carbocycles. The summed E-state index contributed by atoms with van der Waals surface area (Å²) in [5.74, 6) is 0.722. The van der Waals surface area contributed by atoms with Crippen molar-refractivity contribution in [1.29, 1.82) is 0 Å². The van der Waals surface area contributed by atoms with Crippen LogP contribution in [0.2, 0.25) is 0 Å². The Kier molecular flexibility index (Phi) is 2.60. The highest BCUT2D eigenvalue weighted by Gasteiger charge is 2.33. The largest absolute Gasteiger partial charge is 0.0880 e. The second-order valence-electron chi connectivity index (χ2n) is 5.49. The third-order valence-electron chi connectivity index (χ3n) is 4.51. The van der Waals surface area contributed by atoms with E-state index in [1.165, 1.54) is 41.1 Å². The molecule has 2 heteroatoms. The molecule has 0 amide bonds. The zero-order chi connectivity index (χ0) is 12.3. The zero-order valence-corrected chi connectivity index (χ0v) is 13.2. The molecular formula is C16H14Br2. The molecule has 0 nitrogen and oxygen atoms in total. The zero-order valence-electron chi connectivity index (χ0n) is 10.0. The minimum atomic E-state index is 0.621. The summed E-state index contributed by atoms with van der Waals surface area (Å²) in [6.45, 7) is 0. The van der Waals surface area contributed by atoms with Gasteiger partial charge in [0.25, 0.3) is 0 Å². The van der Waals surface area contributed by atoms with E-state index < -0.39 is 0 Å². The average molecular weight is 366 g/mol. The fourth-order valence-corrected chi connectivity index (χ4v) is 5.24. The molecule has 0 aliphatic heterocycles. The lowest BCUT2D eigenvalue weighted by atomic mass is 9.73. The lowest BCUT2D eigenvalue weighted by Crippen LogP contribution is -2.25. The summed E-state index contributed by atoms with van der Waals surface area (Å²) in [5.41, 5.74) is 4.73. The fourth-order valence-electron chi connectivity index (χ4n) is 3.76. The van der Waals surface area contributed by atoms with Gasteiger partial charge in [-0.05, 0) is 65.1 Å². The van der Waals surface area contributed by atoms with Gasteiger partial charge in [0, 0.05) is 9.30 Å². The van der Waals surface area contributed by atoms with Gasteiger partial charge in [0.15, 0.2) is 0 Å². The van der Waals surface area contributed by atoms with Crippen LogP contribution in [0.4, 0.5) is 0 Å². The first-order valence-corrected chi connectivity index (χ1v) is 8.33. The number of aryl methyl sites for hydroxylation is 1. The van der Waals surface area contributed by atoms with E-state index >= 15 is 0 Å². The number of alkyl halides is 1. The van der Waals surface area contributed by atoms with Crippen molar-refractivity contribution in [3.05, 3.63) is 45.4 Å². The second kappa shape index (κ2) is 4.08. The van der Waals surface area contributed by atoms with Crippen molar-refractivity contribution in [3.8, 4) is 0 Å². The van der Waals surface area contributed by atoms with Crippen LogP contribution in [0.1, 0.15) is 35.4 Å². The number of rotatable bonds is 0. The lowest BCUT2D eigenvalue weighted by molar-refractivity contribution is 0.532. The first-order valence-electron chi connectivity index (χ1n) is 6.62. The molecule has 2 unspecified atom stereocenters. The van der Waals surface area contributed by atoms with Crippen LogP contribution in [0.15, 0.2) is 28.7 Å². The van der Waals surface area contributed by atoms with E-state index in [1.807, 2.05) is 0 Å². The fraction of sp³-hybridized carbons (Fsp3) is 0.375. The number of halogens is 2. The molecule has 0 radical (unpaired) electrons. The van der Waals surface area contributed by atoms with Gasteiger partial charge in [-0.25, -0.2) is 0 Å². The van der Waals surface area contributed by atoms with Crippen LogP contribution < -0.4 is 0 Å². The minimum absolute atomic E-state index is 0.621. The molecule has 2 atom stereocenters. The maximum Gasteiger partial charge on any atom is 0.0256 e.